The van der Waals surface area contributed by atoms with E-state index in [1.807, 2.05) is 27.7 Å². The van der Waals surface area contributed by atoms with Gasteiger partial charge in [0, 0.05) is 0 Å². The Bertz CT molecular complexity index is 457. The molecule has 2 rings (SSSR count). The van der Waals surface area contributed by atoms with Gasteiger partial charge in [-0.05, 0) is 36.6 Å². The van der Waals surface area contributed by atoms with E-state index >= 15 is 0 Å². The van der Waals surface area contributed by atoms with Gasteiger partial charge in [-0.25, -0.2) is 0 Å². The van der Waals surface area contributed by atoms with E-state index in [4.69, 9.17) is 0 Å². The molecule has 0 radical (unpaired) electrons. The van der Waals surface area contributed by atoms with Gasteiger partial charge in [0.15, 0.2) is 0 Å². The summed E-state index contributed by atoms with van der Waals surface area (Å²) in [5, 5.41) is 2.74. The van der Waals surface area contributed by atoms with Crippen molar-refractivity contribution in [2.24, 2.45) is 0 Å². The highest BCUT2D eigenvalue weighted by molar-refractivity contribution is 5.85. The van der Waals surface area contributed by atoms with E-state index in [-0.39, 0.29) is 0 Å². The molecule has 0 aliphatic carbocycles. The van der Waals surface area contributed by atoms with Crippen molar-refractivity contribution in [1.29, 1.82) is 0 Å². The van der Waals surface area contributed by atoms with Crippen molar-refractivity contribution in [3.8, 4) is 0 Å². The van der Waals surface area contributed by atoms with Gasteiger partial charge in [-0.2, -0.15) is 0 Å². The quantitative estimate of drug-likeness (QED) is 0.537. The van der Waals surface area contributed by atoms with E-state index < -0.39 is 0 Å². The van der Waals surface area contributed by atoms with E-state index in [1.165, 1.54) is 21.9 Å². The predicted octanol–water partition coefficient (Wildman–Crippen LogP) is 6.01. The molecule has 0 saturated heterocycles. The van der Waals surface area contributed by atoms with Crippen LogP contribution in [0, 0.1) is 0 Å². The van der Waals surface area contributed by atoms with Gasteiger partial charge in [-0.1, -0.05) is 68.8 Å². The number of rotatable bonds is 1. The van der Waals surface area contributed by atoms with Crippen molar-refractivity contribution in [3.05, 3.63) is 60.2 Å². The van der Waals surface area contributed by atoms with Crippen LogP contribution in [0.1, 0.15) is 40.2 Å². The third kappa shape index (κ3) is 5.67. The number of allylic oxidation sites excluding steroid dienone is 1. The second kappa shape index (κ2) is 9.47. The van der Waals surface area contributed by atoms with Gasteiger partial charge >= 0.3 is 0 Å². The molecule has 0 atom stereocenters. The van der Waals surface area contributed by atoms with Crippen LogP contribution in [0.5, 0.6) is 0 Å². The summed E-state index contributed by atoms with van der Waals surface area (Å²) in [5.41, 5.74) is 2.60. The van der Waals surface area contributed by atoms with Crippen molar-refractivity contribution in [2.45, 2.75) is 41.0 Å². The van der Waals surface area contributed by atoms with Crippen LogP contribution in [0.25, 0.3) is 10.8 Å². The normalized spacial score (nSPS) is 8.72. The molecule has 0 fully saturated rings. The number of aryl methyl sites for hydroxylation is 1. The largest absolute Gasteiger partial charge is 0.100 e. The average Bonchev–Trinajstić information content (AvgIpc) is 2.40. The van der Waals surface area contributed by atoms with Crippen molar-refractivity contribution >= 4 is 10.8 Å². The second-order valence-electron chi connectivity index (χ2n) is 4.20. The number of benzene rings is 2. The molecule has 0 spiro atoms. The smallest absolute Gasteiger partial charge is 0.0152 e. The lowest BCUT2D eigenvalue weighted by atomic mass is 10.0. The van der Waals surface area contributed by atoms with Crippen LogP contribution in [-0.2, 0) is 6.42 Å². The summed E-state index contributed by atoms with van der Waals surface area (Å²) in [6.07, 6.45) is 1.11. The maximum atomic E-state index is 3.56. The van der Waals surface area contributed by atoms with Crippen LogP contribution >= 0.6 is 0 Å². The Morgan fingerprint density at radius 2 is 1.44 bits per heavy atom. The zero-order chi connectivity index (χ0) is 14.0. The van der Waals surface area contributed by atoms with Crippen molar-refractivity contribution in [2.75, 3.05) is 0 Å². The molecule has 0 bridgehead atoms. The molecule has 0 nitrogen and oxygen atoms in total. The average molecular weight is 242 g/mol. The first-order chi connectivity index (χ1) is 8.65. The third-order valence-corrected chi connectivity index (χ3v) is 2.26. The molecule has 0 aliphatic rings. The molecule has 2 aromatic carbocycles. The Kier molecular flexibility index (Phi) is 8.65. The van der Waals surface area contributed by atoms with Gasteiger partial charge in [0.05, 0.1) is 0 Å². The van der Waals surface area contributed by atoms with Crippen LogP contribution in [0.2, 0.25) is 0 Å². The minimum absolute atomic E-state index is 1.11. The first-order valence-electron chi connectivity index (χ1n) is 6.74. The Balaban J connectivity index is 0.000000415. The summed E-state index contributed by atoms with van der Waals surface area (Å²) in [6, 6.07) is 15.0. The van der Waals surface area contributed by atoms with Crippen LogP contribution in [0.3, 0.4) is 0 Å². The van der Waals surface area contributed by atoms with Gasteiger partial charge in [0.1, 0.15) is 0 Å². The minimum Gasteiger partial charge on any atom is -0.100 e. The lowest BCUT2D eigenvalue weighted by molar-refractivity contribution is 1.16. The van der Waals surface area contributed by atoms with E-state index in [2.05, 4.69) is 56.0 Å². The Hall–Kier alpha value is -1.56. The third-order valence-electron chi connectivity index (χ3n) is 2.26. The summed E-state index contributed by atoms with van der Waals surface area (Å²) in [7, 11) is 0. The second-order valence-corrected chi connectivity index (χ2v) is 4.20. The predicted molar refractivity (Wildman–Crippen MR) is 85.2 cm³/mol. The van der Waals surface area contributed by atoms with E-state index in [0.29, 0.717) is 0 Å². The van der Waals surface area contributed by atoms with Gasteiger partial charge in [0.25, 0.3) is 0 Å². The fourth-order valence-corrected chi connectivity index (χ4v) is 1.60. The molecule has 0 heterocycles. The fraction of sp³-hybridized carbons (Fsp3) is 0.333. The van der Waals surface area contributed by atoms with Crippen LogP contribution in [-0.4, -0.2) is 0 Å². The van der Waals surface area contributed by atoms with Crippen LogP contribution in [0.15, 0.2) is 54.6 Å². The van der Waals surface area contributed by atoms with E-state index in [1.54, 1.807) is 0 Å². The summed E-state index contributed by atoms with van der Waals surface area (Å²) in [4.78, 5) is 0. The first kappa shape index (κ1) is 16.4. The SMILES string of the molecule is C=C(C)C.CC.CCc1cccc2ccccc12. The molecule has 0 unspecified atom stereocenters. The molecule has 18 heavy (non-hydrogen) atoms. The summed E-state index contributed by atoms with van der Waals surface area (Å²) in [5.74, 6) is 0. The topological polar surface area (TPSA) is 0 Å². The monoisotopic (exact) mass is 242 g/mol. The van der Waals surface area contributed by atoms with Gasteiger partial charge in [-0.3, -0.25) is 0 Å². The fourth-order valence-electron chi connectivity index (χ4n) is 1.60. The molecule has 0 amide bonds. The van der Waals surface area contributed by atoms with Gasteiger partial charge < -0.3 is 0 Å². The van der Waals surface area contributed by atoms with Crippen molar-refractivity contribution in [1.82, 2.24) is 0 Å². The molecular weight excluding hydrogens is 216 g/mol. The maximum absolute atomic E-state index is 3.56. The molecule has 0 saturated carbocycles. The van der Waals surface area contributed by atoms with Gasteiger partial charge in [-0.15, -0.1) is 6.58 Å². The van der Waals surface area contributed by atoms with Crippen molar-refractivity contribution < 1.29 is 0 Å². The maximum Gasteiger partial charge on any atom is -0.0152 e. The summed E-state index contributed by atoms with van der Waals surface area (Å²) in [6.45, 7) is 13.7. The zero-order valence-corrected chi connectivity index (χ0v) is 12.5. The molecule has 0 aliphatic heterocycles. The van der Waals surface area contributed by atoms with Crippen LogP contribution < -0.4 is 0 Å². The molecule has 98 valence electrons. The molecule has 0 N–H and O–H groups in total. The highest BCUT2D eigenvalue weighted by atomic mass is 14.0. The number of fused-ring (bicyclic) bond motifs is 1. The highest BCUT2D eigenvalue weighted by Gasteiger charge is 1.95. The Morgan fingerprint density at radius 1 is 0.944 bits per heavy atom. The lowest BCUT2D eigenvalue weighted by Crippen LogP contribution is -1.81. The molecule has 0 heteroatoms. The lowest BCUT2D eigenvalue weighted by Gasteiger charge is -2.02. The Morgan fingerprint density at radius 3 is 2.00 bits per heavy atom. The zero-order valence-electron chi connectivity index (χ0n) is 12.5. The Labute approximate surface area is 112 Å². The molecule has 2 aromatic rings. The van der Waals surface area contributed by atoms with Crippen molar-refractivity contribution in [3.63, 3.8) is 0 Å². The standard InChI is InChI=1S/C12H12.C4H8.C2H6/c1-2-10-7-5-8-11-6-3-4-9-12(10)11;1-4(2)3;1-2/h3-9H,2H2,1H3;1H2,2-3H3;1-2H3. The summed E-state index contributed by atoms with van der Waals surface area (Å²) >= 11 is 0. The van der Waals surface area contributed by atoms with E-state index in [0.717, 1.165) is 6.42 Å². The molecular formula is C18H26. The van der Waals surface area contributed by atoms with Gasteiger partial charge in [0.2, 0.25) is 0 Å². The highest BCUT2D eigenvalue weighted by Crippen LogP contribution is 2.18. The minimum atomic E-state index is 1.11. The molecule has 0 aromatic heterocycles. The number of hydrogen-bond donors (Lipinski definition) is 0. The number of hydrogen-bond acceptors (Lipinski definition) is 0. The van der Waals surface area contributed by atoms with Crippen LogP contribution in [0.4, 0.5) is 0 Å². The van der Waals surface area contributed by atoms with E-state index in [9.17, 15) is 0 Å². The summed E-state index contributed by atoms with van der Waals surface area (Å²) < 4.78 is 0. The first-order valence-corrected chi connectivity index (χ1v) is 6.74.